The first-order valence-electron chi connectivity index (χ1n) is 12.3. The molecule has 0 saturated carbocycles. The number of carbonyl (C=O) groups excluding carboxylic acids is 2. The van der Waals surface area contributed by atoms with Crippen molar-refractivity contribution in [1.82, 2.24) is 10.6 Å². The number of carbonyl (C=O) groups is 3. The number of amides is 2. The fourth-order valence-electron chi connectivity index (χ4n) is 3.48. The Kier molecular flexibility index (Phi) is 10.4. The van der Waals surface area contributed by atoms with Crippen LogP contribution in [-0.2, 0) is 19.7 Å². The highest BCUT2D eigenvalue weighted by Gasteiger charge is 2.17. The minimum Gasteiger partial charge on any atom is -0.481 e. The molecule has 0 fully saturated rings. The molecule has 0 bridgehead atoms. The van der Waals surface area contributed by atoms with Crippen LogP contribution in [0, 0.1) is 6.92 Å². The van der Waals surface area contributed by atoms with E-state index in [2.05, 4.69) is 10.6 Å². The van der Waals surface area contributed by atoms with Crippen LogP contribution in [0.5, 0.6) is 5.75 Å². The number of carboxylic acids is 1. The van der Waals surface area contributed by atoms with Gasteiger partial charge in [-0.15, -0.1) is 0 Å². The average Bonchev–Trinajstić information content (AvgIpc) is 2.91. The van der Waals surface area contributed by atoms with Crippen molar-refractivity contribution in [2.24, 2.45) is 0 Å². The Labute approximate surface area is 227 Å². The minimum atomic E-state index is -4.02. The lowest BCUT2D eigenvalue weighted by molar-refractivity contribution is -0.137. The highest BCUT2D eigenvalue weighted by molar-refractivity contribution is 7.87. The van der Waals surface area contributed by atoms with Crippen molar-refractivity contribution in [2.45, 2.75) is 37.5 Å². The van der Waals surface area contributed by atoms with Gasteiger partial charge in [0.2, 0.25) is 0 Å². The lowest BCUT2D eigenvalue weighted by atomic mass is 10.1. The summed E-state index contributed by atoms with van der Waals surface area (Å²) < 4.78 is 30.3. The van der Waals surface area contributed by atoms with Gasteiger partial charge in [-0.25, -0.2) is 0 Å². The van der Waals surface area contributed by atoms with Crippen molar-refractivity contribution in [3.63, 3.8) is 0 Å². The lowest BCUT2D eigenvalue weighted by Gasteiger charge is -2.12. The molecule has 0 aliphatic heterocycles. The van der Waals surface area contributed by atoms with Gasteiger partial charge in [0.1, 0.15) is 16.3 Å². The van der Waals surface area contributed by atoms with Crippen LogP contribution in [0.2, 0.25) is 0 Å². The minimum absolute atomic E-state index is 0.00432. The van der Waals surface area contributed by atoms with Gasteiger partial charge in [0.15, 0.2) is 0 Å². The molecule has 39 heavy (non-hydrogen) atoms. The van der Waals surface area contributed by atoms with Crippen LogP contribution in [-0.4, -0.2) is 37.9 Å². The second-order valence-corrected chi connectivity index (χ2v) is 10.3. The summed E-state index contributed by atoms with van der Waals surface area (Å²) >= 11 is 0. The number of aryl methyl sites for hydroxylation is 1. The Bertz CT molecular complexity index is 1420. The zero-order valence-corrected chi connectivity index (χ0v) is 22.2. The average molecular weight is 551 g/mol. The molecule has 3 aromatic rings. The summed E-state index contributed by atoms with van der Waals surface area (Å²) in [5, 5.41) is 14.1. The molecular weight excluding hydrogens is 520 g/mol. The van der Waals surface area contributed by atoms with Crippen LogP contribution in [0.25, 0.3) is 6.08 Å². The molecule has 9 nitrogen and oxygen atoms in total. The summed E-state index contributed by atoms with van der Waals surface area (Å²) in [6, 6.07) is 20.7. The van der Waals surface area contributed by atoms with E-state index in [4.69, 9.17) is 9.29 Å². The number of nitrogens with one attached hydrogen (secondary N) is 2. The predicted molar refractivity (Wildman–Crippen MR) is 146 cm³/mol. The third-order valence-corrected chi connectivity index (χ3v) is 6.85. The van der Waals surface area contributed by atoms with Gasteiger partial charge in [-0.05, 0) is 67.8 Å². The van der Waals surface area contributed by atoms with Gasteiger partial charge in [-0.3, -0.25) is 14.4 Å². The van der Waals surface area contributed by atoms with E-state index in [0.717, 1.165) is 5.56 Å². The Hall–Kier alpha value is -4.44. The summed E-state index contributed by atoms with van der Waals surface area (Å²) in [5.41, 5.74) is 1.81. The van der Waals surface area contributed by atoms with Gasteiger partial charge in [-0.1, -0.05) is 54.4 Å². The number of hydrogen-bond acceptors (Lipinski definition) is 6. The fraction of sp³-hybridized carbons (Fsp3) is 0.207. The fourth-order valence-corrected chi connectivity index (χ4v) is 4.41. The van der Waals surface area contributed by atoms with E-state index in [0.29, 0.717) is 36.9 Å². The van der Waals surface area contributed by atoms with E-state index >= 15 is 0 Å². The SMILES string of the molecule is Cc1ccc(S(=O)(=O)Oc2ccc(C=C(NC(=O)c3ccccc3)C(=O)NCCCCCC(=O)O)cc2)cc1. The summed E-state index contributed by atoms with van der Waals surface area (Å²) in [6.45, 7) is 2.16. The van der Waals surface area contributed by atoms with Crippen LogP contribution in [0.3, 0.4) is 0 Å². The third kappa shape index (κ3) is 9.42. The monoisotopic (exact) mass is 550 g/mol. The number of carboxylic acid groups (broad SMARTS) is 1. The second-order valence-electron chi connectivity index (χ2n) is 8.76. The van der Waals surface area contributed by atoms with Gasteiger partial charge >= 0.3 is 16.1 Å². The first-order valence-corrected chi connectivity index (χ1v) is 13.7. The summed E-state index contributed by atoms with van der Waals surface area (Å²) in [5.74, 6) is -1.76. The maximum Gasteiger partial charge on any atom is 0.339 e. The van der Waals surface area contributed by atoms with Gasteiger partial charge in [0, 0.05) is 18.5 Å². The van der Waals surface area contributed by atoms with Gasteiger partial charge in [0.25, 0.3) is 11.8 Å². The van der Waals surface area contributed by atoms with E-state index in [-0.39, 0.29) is 22.8 Å². The van der Waals surface area contributed by atoms with Crippen molar-refractivity contribution in [2.75, 3.05) is 6.54 Å². The van der Waals surface area contributed by atoms with E-state index in [9.17, 15) is 22.8 Å². The highest BCUT2D eigenvalue weighted by Crippen LogP contribution is 2.20. The molecule has 0 spiro atoms. The maximum absolute atomic E-state index is 12.9. The van der Waals surface area contributed by atoms with Crippen molar-refractivity contribution in [3.8, 4) is 5.75 Å². The molecule has 0 atom stereocenters. The summed E-state index contributed by atoms with van der Waals surface area (Å²) in [4.78, 5) is 36.3. The normalized spacial score (nSPS) is 11.5. The zero-order valence-electron chi connectivity index (χ0n) is 21.4. The van der Waals surface area contributed by atoms with Crippen LogP contribution in [0.15, 0.2) is 89.5 Å². The smallest absolute Gasteiger partial charge is 0.339 e. The Morgan fingerprint density at radius 1 is 0.872 bits per heavy atom. The van der Waals surface area contributed by atoms with Crippen molar-refractivity contribution in [3.05, 3.63) is 101 Å². The number of unbranched alkanes of at least 4 members (excludes halogenated alkanes) is 2. The molecule has 0 aliphatic carbocycles. The van der Waals surface area contributed by atoms with E-state index < -0.39 is 27.9 Å². The number of hydrogen-bond donors (Lipinski definition) is 3. The molecule has 0 aromatic heterocycles. The third-order valence-electron chi connectivity index (χ3n) is 5.59. The molecular formula is C29H30N2O7S. The van der Waals surface area contributed by atoms with Crippen molar-refractivity contribution in [1.29, 1.82) is 0 Å². The molecule has 10 heteroatoms. The van der Waals surface area contributed by atoms with Crippen LogP contribution >= 0.6 is 0 Å². The molecule has 0 heterocycles. The van der Waals surface area contributed by atoms with Gasteiger partial charge < -0.3 is 19.9 Å². The Morgan fingerprint density at radius 3 is 2.18 bits per heavy atom. The first-order chi connectivity index (χ1) is 18.6. The molecule has 3 aromatic carbocycles. The van der Waals surface area contributed by atoms with Crippen molar-refractivity contribution >= 4 is 34.0 Å². The number of aliphatic carboxylic acids is 1. The standard InChI is InChI=1S/C29H30N2O7S/c1-21-11-17-25(18-12-21)39(36,37)38-24-15-13-22(14-16-24)20-26(31-28(34)23-8-4-2-5-9-23)29(35)30-19-7-3-6-10-27(32)33/h2,4-5,8-9,11-18,20H,3,6-7,10,19H2,1H3,(H,30,35)(H,31,34)(H,32,33). The highest BCUT2D eigenvalue weighted by atomic mass is 32.2. The quantitative estimate of drug-likeness (QED) is 0.164. The van der Waals surface area contributed by atoms with Crippen LogP contribution in [0.1, 0.15) is 47.2 Å². The van der Waals surface area contributed by atoms with Crippen LogP contribution < -0.4 is 14.8 Å². The largest absolute Gasteiger partial charge is 0.481 e. The summed E-state index contributed by atoms with van der Waals surface area (Å²) in [6.07, 6.45) is 3.26. The molecule has 0 aliphatic rings. The van der Waals surface area contributed by atoms with Gasteiger partial charge in [-0.2, -0.15) is 8.42 Å². The molecule has 3 N–H and O–H groups in total. The maximum atomic E-state index is 12.9. The Morgan fingerprint density at radius 2 is 1.54 bits per heavy atom. The van der Waals surface area contributed by atoms with E-state index in [1.807, 2.05) is 6.92 Å². The first kappa shape index (κ1) is 29.1. The second kappa shape index (κ2) is 13.9. The van der Waals surface area contributed by atoms with Crippen LogP contribution in [0.4, 0.5) is 0 Å². The molecule has 0 unspecified atom stereocenters. The number of rotatable bonds is 13. The molecule has 0 radical (unpaired) electrons. The topological polar surface area (TPSA) is 139 Å². The molecule has 0 saturated heterocycles. The molecule has 3 rings (SSSR count). The molecule has 2 amide bonds. The van der Waals surface area contributed by atoms with E-state index in [1.165, 1.54) is 30.3 Å². The zero-order chi connectivity index (χ0) is 28.3. The summed E-state index contributed by atoms with van der Waals surface area (Å²) in [7, 11) is -4.02. The molecule has 204 valence electrons. The van der Waals surface area contributed by atoms with Gasteiger partial charge in [0.05, 0.1) is 0 Å². The lowest BCUT2D eigenvalue weighted by Crippen LogP contribution is -2.35. The number of benzene rings is 3. The van der Waals surface area contributed by atoms with Crippen molar-refractivity contribution < 1.29 is 32.1 Å². The predicted octanol–water partition coefficient (Wildman–Crippen LogP) is 4.29. The Balaban J connectivity index is 1.72. The van der Waals surface area contributed by atoms with E-state index in [1.54, 1.807) is 54.6 Å².